The maximum absolute atomic E-state index is 10.7. The van der Waals surface area contributed by atoms with Crippen LogP contribution in [0.5, 0.6) is 5.75 Å². The zero-order valence-electron chi connectivity index (χ0n) is 12.3. The predicted octanol–water partition coefficient (Wildman–Crippen LogP) is 4.54. The number of aromatic hydroxyl groups is 1. The molecule has 0 aliphatic carbocycles. The minimum absolute atomic E-state index is 0.143. The zero-order chi connectivity index (χ0) is 17.1. The highest BCUT2D eigenvalue weighted by molar-refractivity contribution is 7.99. The van der Waals surface area contributed by atoms with Gasteiger partial charge >= 0.3 is 5.97 Å². The van der Waals surface area contributed by atoms with Crippen LogP contribution in [0.1, 0.15) is 0 Å². The molecule has 3 rings (SSSR count). The summed E-state index contributed by atoms with van der Waals surface area (Å²) in [5, 5.41) is 19.1. The Hall–Kier alpha value is -2.44. The number of phenolic OH excluding ortho intramolecular Hbond substituents is 1. The molecule has 0 fully saturated rings. The van der Waals surface area contributed by atoms with Crippen LogP contribution in [-0.4, -0.2) is 26.9 Å². The average Bonchev–Trinajstić information content (AvgIpc) is 2.98. The van der Waals surface area contributed by atoms with Gasteiger partial charge in [0, 0.05) is 16.1 Å². The van der Waals surface area contributed by atoms with Crippen molar-refractivity contribution in [2.45, 2.75) is 5.22 Å². The molecule has 2 N–H and O–H groups in total. The van der Waals surface area contributed by atoms with E-state index < -0.39 is 5.97 Å². The fraction of sp³-hybridized carbons (Fsp3) is 0.0588. The number of aromatic nitrogens is 1. The minimum Gasteiger partial charge on any atom is -0.508 e. The van der Waals surface area contributed by atoms with Gasteiger partial charge in [0.1, 0.15) is 17.2 Å². The second-order valence-electron chi connectivity index (χ2n) is 4.89. The van der Waals surface area contributed by atoms with Crippen molar-refractivity contribution in [2.75, 3.05) is 5.75 Å². The number of hydrogen-bond donors (Lipinski definition) is 2. The normalized spacial score (nSPS) is 10.7. The SMILES string of the molecule is O=C(O)CSc1nc(-c2ccc(O)cc2)c(-c2ccc(Cl)cc2)o1. The highest BCUT2D eigenvalue weighted by Crippen LogP contribution is 2.36. The van der Waals surface area contributed by atoms with Gasteiger partial charge in [-0.2, -0.15) is 0 Å². The topological polar surface area (TPSA) is 83.6 Å². The van der Waals surface area contributed by atoms with E-state index in [4.69, 9.17) is 21.1 Å². The third-order valence-electron chi connectivity index (χ3n) is 3.17. The second-order valence-corrected chi connectivity index (χ2v) is 6.26. The Morgan fingerprint density at radius 3 is 2.33 bits per heavy atom. The molecule has 0 spiro atoms. The van der Waals surface area contributed by atoms with Crippen molar-refractivity contribution in [1.29, 1.82) is 0 Å². The fourth-order valence-electron chi connectivity index (χ4n) is 2.10. The number of phenols is 1. The quantitative estimate of drug-likeness (QED) is 0.649. The minimum atomic E-state index is -0.947. The Labute approximate surface area is 146 Å². The monoisotopic (exact) mass is 361 g/mol. The third kappa shape index (κ3) is 3.72. The molecule has 0 aliphatic rings. The lowest BCUT2D eigenvalue weighted by molar-refractivity contribution is -0.133. The molecule has 0 unspecified atom stereocenters. The van der Waals surface area contributed by atoms with E-state index in [1.165, 1.54) is 0 Å². The van der Waals surface area contributed by atoms with Gasteiger partial charge in [-0.05, 0) is 48.5 Å². The number of carboxylic acid groups (broad SMARTS) is 1. The molecule has 5 nitrogen and oxygen atoms in total. The number of carboxylic acids is 1. The highest BCUT2D eigenvalue weighted by atomic mass is 35.5. The molecule has 1 aromatic heterocycles. The van der Waals surface area contributed by atoms with Crippen LogP contribution in [0, 0.1) is 0 Å². The standard InChI is InChI=1S/C17H12ClNO4S/c18-12-5-1-11(2-6-12)16-15(10-3-7-13(20)8-4-10)19-17(23-16)24-9-14(21)22/h1-8,20H,9H2,(H,21,22). The van der Waals surface area contributed by atoms with E-state index in [2.05, 4.69) is 4.98 Å². The van der Waals surface area contributed by atoms with E-state index in [9.17, 15) is 9.90 Å². The number of carbonyl (C=O) groups is 1. The van der Waals surface area contributed by atoms with E-state index in [0.29, 0.717) is 16.5 Å². The van der Waals surface area contributed by atoms with E-state index in [-0.39, 0.29) is 16.7 Å². The molecule has 0 saturated carbocycles. The summed E-state index contributed by atoms with van der Waals surface area (Å²) in [4.78, 5) is 15.1. The van der Waals surface area contributed by atoms with Crippen LogP contribution in [0.15, 0.2) is 58.2 Å². The molecule has 2 aromatic carbocycles. The summed E-state index contributed by atoms with van der Waals surface area (Å²) >= 11 is 6.93. The summed E-state index contributed by atoms with van der Waals surface area (Å²) in [5.74, 6) is -0.422. The molecule has 122 valence electrons. The van der Waals surface area contributed by atoms with Crippen LogP contribution in [0.25, 0.3) is 22.6 Å². The van der Waals surface area contributed by atoms with Gasteiger partial charge in [-0.3, -0.25) is 4.79 Å². The fourth-order valence-corrected chi connectivity index (χ4v) is 2.77. The number of benzene rings is 2. The van der Waals surface area contributed by atoms with Gasteiger partial charge in [-0.25, -0.2) is 4.98 Å². The molecular weight excluding hydrogens is 350 g/mol. The first-order valence-corrected chi connectivity index (χ1v) is 8.30. The third-order valence-corrected chi connectivity index (χ3v) is 4.24. The molecule has 0 bridgehead atoms. The van der Waals surface area contributed by atoms with Gasteiger partial charge in [-0.15, -0.1) is 0 Å². The van der Waals surface area contributed by atoms with E-state index in [1.54, 1.807) is 48.5 Å². The molecule has 0 aliphatic heterocycles. The highest BCUT2D eigenvalue weighted by Gasteiger charge is 2.18. The van der Waals surface area contributed by atoms with Crippen LogP contribution >= 0.6 is 23.4 Å². The molecule has 0 radical (unpaired) electrons. The van der Waals surface area contributed by atoms with E-state index in [0.717, 1.165) is 22.9 Å². The lowest BCUT2D eigenvalue weighted by Gasteiger charge is -2.02. The van der Waals surface area contributed by atoms with Crippen molar-refractivity contribution in [3.63, 3.8) is 0 Å². The Morgan fingerprint density at radius 1 is 1.08 bits per heavy atom. The Balaban J connectivity index is 2.05. The Morgan fingerprint density at radius 2 is 1.71 bits per heavy atom. The van der Waals surface area contributed by atoms with Gasteiger partial charge in [0.25, 0.3) is 5.22 Å². The second kappa shape index (κ2) is 6.98. The summed E-state index contributed by atoms with van der Waals surface area (Å²) in [6.45, 7) is 0. The number of hydrogen-bond acceptors (Lipinski definition) is 5. The van der Waals surface area contributed by atoms with Crippen LogP contribution < -0.4 is 0 Å². The molecule has 0 atom stereocenters. The molecule has 3 aromatic rings. The lowest BCUT2D eigenvalue weighted by atomic mass is 10.1. The zero-order valence-corrected chi connectivity index (χ0v) is 13.8. The first-order chi connectivity index (χ1) is 11.5. The van der Waals surface area contributed by atoms with Crippen molar-refractivity contribution < 1.29 is 19.4 Å². The smallest absolute Gasteiger partial charge is 0.314 e. The van der Waals surface area contributed by atoms with Crippen molar-refractivity contribution in [2.24, 2.45) is 0 Å². The van der Waals surface area contributed by atoms with E-state index in [1.807, 2.05) is 0 Å². The van der Waals surface area contributed by atoms with E-state index >= 15 is 0 Å². The average molecular weight is 362 g/mol. The summed E-state index contributed by atoms with van der Waals surface area (Å²) < 4.78 is 5.76. The van der Waals surface area contributed by atoms with Gasteiger partial charge in [0.15, 0.2) is 5.76 Å². The maximum atomic E-state index is 10.7. The largest absolute Gasteiger partial charge is 0.508 e. The van der Waals surface area contributed by atoms with Gasteiger partial charge in [0.05, 0.1) is 0 Å². The van der Waals surface area contributed by atoms with Crippen molar-refractivity contribution in [1.82, 2.24) is 4.98 Å². The first kappa shape index (κ1) is 16.4. The molecule has 0 saturated heterocycles. The number of halogens is 1. The summed E-state index contributed by atoms with van der Waals surface area (Å²) in [6.07, 6.45) is 0. The number of rotatable bonds is 5. The summed E-state index contributed by atoms with van der Waals surface area (Å²) in [5.41, 5.74) is 2.10. The molecule has 7 heteroatoms. The van der Waals surface area contributed by atoms with Crippen LogP contribution in [0.2, 0.25) is 5.02 Å². The maximum Gasteiger partial charge on any atom is 0.314 e. The Bertz CT molecular complexity index is 796. The summed E-state index contributed by atoms with van der Waals surface area (Å²) in [7, 11) is 0. The van der Waals surface area contributed by atoms with Gasteiger partial charge < -0.3 is 14.6 Å². The van der Waals surface area contributed by atoms with Crippen LogP contribution in [0.4, 0.5) is 0 Å². The number of thioether (sulfide) groups is 1. The lowest BCUT2D eigenvalue weighted by Crippen LogP contribution is -1.97. The summed E-state index contributed by atoms with van der Waals surface area (Å²) in [6, 6.07) is 13.6. The number of nitrogens with zero attached hydrogens (tertiary/aromatic N) is 1. The van der Waals surface area contributed by atoms with Crippen LogP contribution in [-0.2, 0) is 4.79 Å². The molecule has 1 heterocycles. The van der Waals surface area contributed by atoms with Crippen molar-refractivity contribution >= 4 is 29.3 Å². The Kier molecular flexibility index (Phi) is 4.78. The van der Waals surface area contributed by atoms with Gasteiger partial charge in [0.2, 0.25) is 0 Å². The first-order valence-electron chi connectivity index (χ1n) is 6.93. The molecule has 24 heavy (non-hydrogen) atoms. The van der Waals surface area contributed by atoms with Crippen molar-refractivity contribution in [3.8, 4) is 28.3 Å². The van der Waals surface area contributed by atoms with Gasteiger partial charge in [-0.1, -0.05) is 23.4 Å². The number of aliphatic carboxylic acids is 1. The number of oxazole rings is 1. The predicted molar refractivity (Wildman–Crippen MR) is 92.4 cm³/mol. The molecular formula is C17H12ClNO4S. The van der Waals surface area contributed by atoms with Crippen LogP contribution in [0.3, 0.4) is 0 Å². The van der Waals surface area contributed by atoms with Crippen molar-refractivity contribution in [3.05, 3.63) is 53.6 Å². The molecule has 0 amide bonds.